The van der Waals surface area contributed by atoms with Gasteiger partial charge in [0.25, 0.3) is 0 Å². The average Bonchev–Trinajstić information content (AvgIpc) is 2.87. The molecule has 0 amide bonds. The highest BCUT2D eigenvalue weighted by molar-refractivity contribution is 6.30. The molecule has 102 valence electrons. The Morgan fingerprint density at radius 2 is 1.84 bits per heavy atom. The quantitative estimate of drug-likeness (QED) is 0.932. The summed E-state index contributed by atoms with van der Waals surface area (Å²) in [5, 5.41) is 8.65. The Kier molecular flexibility index (Phi) is 4.07. The lowest BCUT2D eigenvalue weighted by Crippen LogP contribution is -2.21. The van der Waals surface area contributed by atoms with Gasteiger partial charge in [-0.25, -0.2) is 0 Å². The topological polar surface area (TPSA) is 68.2 Å². The summed E-state index contributed by atoms with van der Waals surface area (Å²) < 4.78 is 5.53. The zero-order chi connectivity index (χ0) is 14.0. The summed E-state index contributed by atoms with van der Waals surface area (Å²) in [4.78, 5) is 1.90. The van der Waals surface area contributed by atoms with Gasteiger partial charge in [-0.15, -0.1) is 5.10 Å². The Bertz CT molecular complexity index is 538. The normalized spacial score (nSPS) is 14.2. The Morgan fingerprint density at radius 1 is 1.21 bits per heavy atom. The number of halogens is 1. The van der Waals surface area contributed by atoms with Gasteiger partial charge in [0.05, 0.1) is 12.1 Å². The Hall–Kier alpha value is -1.59. The van der Waals surface area contributed by atoms with Crippen LogP contribution < -0.4 is 10.6 Å². The second-order valence-corrected chi connectivity index (χ2v) is 4.99. The van der Waals surface area contributed by atoms with E-state index < -0.39 is 0 Å². The Balaban J connectivity index is 2.17. The fraction of sp³-hybridized carbons (Fsp3) is 0.385. The number of nitrogens with zero attached hydrogens (tertiary/aromatic N) is 3. The van der Waals surface area contributed by atoms with Crippen molar-refractivity contribution in [1.29, 1.82) is 0 Å². The maximum Gasteiger partial charge on any atom is 0.318 e. The second-order valence-electron chi connectivity index (χ2n) is 4.55. The number of hydrogen-bond donors (Lipinski definition) is 1. The van der Waals surface area contributed by atoms with E-state index in [4.69, 9.17) is 21.8 Å². The van der Waals surface area contributed by atoms with Gasteiger partial charge in [-0.2, -0.15) is 0 Å². The lowest BCUT2D eigenvalue weighted by atomic mass is 10.1. The maximum atomic E-state index is 5.88. The maximum absolute atomic E-state index is 5.88. The summed E-state index contributed by atoms with van der Waals surface area (Å²) >= 11 is 5.88. The SMILES string of the molecule is CC(N)c1nnc(N(C)C(C)c2ccc(Cl)cc2)o1. The molecule has 0 bridgehead atoms. The van der Waals surface area contributed by atoms with Gasteiger partial charge in [-0.05, 0) is 31.5 Å². The molecule has 0 aliphatic heterocycles. The lowest BCUT2D eigenvalue weighted by Gasteiger charge is -2.23. The van der Waals surface area contributed by atoms with Crippen molar-refractivity contribution in [3.63, 3.8) is 0 Å². The lowest BCUT2D eigenvalue weighted by molar-refractivity contribution is 0.453. The van der Waals surface area contributed by atoms with Crippen LogP contribution in [0.2, 0.25) is 5.02 Å². The fourth-order valence-corrected chi connectivity index (χ4v) is 1.81. The molecule has 0 saturated carbocycles. The highest BCUT2D eigenvalue weighted by Crippen LogP contribution is 2.25. The van der Waals surface area contributed by atoms with Crippen LogP contribution in [0.1, 0.15) is 37.4 Å². The van der Waals surface area contributed by atoms with Crippen LogP contribution in [0.4, 0.5) is 6.01 Å². The monoisotopic (exact) mass is 280 g/mol. The van der Waals surface area contributed by atoms with Crippen LogP contribution in [0.15, 0.2) is 28.7 Å². The molecule has 0 fully saturated rings. The van der Waals surface area contributed by atoms with Gasteiger partial charge in [-0.3, -0.25) is 0 Å². The largest absolute Gasteiger partial charge is 0.406 e. The first kappa shape index (κ1) is 13.8. The molecule has 1 aromatic carbocycles. The van der Waals surface area contributed by atoms with Crippen LogP contribution in [-0.4, -0.2) is 17.2 Å². The molecule has 6 heteroatoms. The van der Waals surface area contributed by atoms with E-state index in [1.807, 2.05) is 36.2 Å². The first-order valence-electron chi connectivity index (χ1n) is 6.06. The van der Waals surface area contributed by atoms with Crippen molar-refractivity contribution in [3.8, 4) is 0 Å². The van der Waals surface area contributed by atoms with E-state index in [9.17, 15) is 0 Å². The minimum atomic E-state index is -0.263. The minimum Gasteiger partial charge on any atom is -0.406 e. The van der Waals surface area contributed by atoms with Gasteiger partial charge < -0.3 is 15.1 Å². The van der Waals surface area contributed by atoms with Gasteiger partial charge in [0, 0.05) is 12.1 Å². The van der Waals surface area contributed by atoms with Gasteiger partial charge in [0.2, 0.25) is 5.89 Å². The van der Waals surface area contributed by atoms with Crippen molar-refractivity contribution >= 4 is 17.6 Å². The summed E-state index contributed by atoms with van der Waals surface area (Å²) in [6, 6.07) is 7.97. The summed E-state index contributed by atoms with van der Waals surface area (Å²) in [5.74, 6) is 0.435. The van der Waals surface area contributed by atoms with E-state index in [-0.39, 0.29) is 12.1 Å². The smallest absolute Gasteiger partial charge is 0.318 e. The minimum absolute atomic E-state index is 0.0960. The Labute approximate surface area is 117 Å². The summed E-state index contributed by atoms with van der Waals surface area (Å²) in [6.07, 6.45) is 0. The molecule has 0 aliphatic carbocycles. The molecule has 19 heavy (non-hydrogen) atoms. The van der Waals surface area contributed by atoms with Crippen LogP contribution in [0.5, 0.6) is 0 Å². The molecule has 2 aromatic rings. The van der Waals surface area contributed by atoms with Crippen molar-refractivity contribution in [3.05, 3.63) is 40.7 Å². The van der Waals surface area contributed by atoms with E-state index in [0.29, 0.717) is 11.9 Å². The van der Waals surface area contributed by atoms with Gasteiger partial charge >= 0.3 is 6.01 Å². The molecule has 1 heterocycles. The third kappa shape index (κ3) is 3.05. The molecule has 0 radical (unpaired) electrons. The number of hydrogen-bond acceptors (Lipinski definition) is 5. The number of rotatable bonds is 4. The molecule has 1 aromatic heterocycles. The molecule has 2 unspecified atom stereocenters. The van der Waals surface area contributed by atoms with Crippen molar-refractivity contribution < 1.29 is 4.42 Å². The van der Waals surface area contributed by atoms with Gasteiger partial charge in [0.15, 0.2) is 0 Å². The van der Waals surface area contributed by atoms with Gasteiger partial charge in [0.1, 0.15) is 0 Å². The molecule has 0 spiro atoms. The van der Waals surface area contributed by atoms with Crippen LogP contribution in [0.25, 0.3) is 0 Å². The van der Waals surface area contributed by atoms with E-state index in [1.165, 1.54) is 0 Å². The van der Waals surface area contributed by atoms with E-state index >= 15 is 0 Å². The third-order valence-electron chi connectivity index (χ3n) is 3.05. The molecular formula is C13H17ClN4O. The van der Waals surface area contributed by atoms with Crippen LogP contribution in [0.3, 0.4) is 0 Å². The predicted octanol–water partition coefficient (Wildman–Crippen LogP) is 2.94. The molecule has 0 saturated heterocycles. The summed E-state index contributed by atoms with van der Waals surface area (Å²) in [6.45, 7) is 3.86. The molecule has 2 atom stereocenters. The van der Waals surface area contributed by atoms with E-state index in [1.54, 1.807) is 6.92 Å². The number of nitrogens with two attached hydrogens (primary N) is 1. The van der Waals surface area contributed by atoms with Crippen LogP contribution in [0, 0.1) is 0 Å². The van der Waals surface area contributed by atoms with Crippen molar-refractivity contribution in [2.24, 2.45) is 5.73 Å². The first-order chi connectivity index (χ1) is 8.99. The van der Waals surface area contributed by atoms with Crippen molar-refractivity contribution in [2.75, 3.05) is 11.9 Å². The molecule has 2 rings (SSSR count). The number of anilines is 1. The number of benzene rings is 1. The molecule has 0 aliphatic rings. The standard InChI is InChI=1S/C13H17ClN4O/c1-8(15)12-16-17-13(19-12)18(3)9(2)10-4-6-11(14)7-5-10/h4-9H,15H2,1-3H3. The van der Waals surface area contributed by atoms with Gasteiger partial charge in [-0.1, -0.05) is 28.8 Å². The highest BCUT2D eigenvalue weighted by Gasteiger charge is 2.19. The predicted molar refractivity (Wildman–Crippen MR) is 75.2 cm³/mol. The number of aromatic nitrogens is 2. The first-order valence-corrected chi connectivity index (χ1v) is 6.44. The zero-order valence-corrected chi connectivity index (χ0v) is 11.9. The Morgan fingerprint density at radius 3 is 2.37 bits per heavy atom. The fourth-order valence-electron chi connectivity index (χ4n) is 1.68. The van der Waals surface area contributed by atoms with Crippen molar-refractivity contribution in [1.82, 2.24) is 10.2 Å². The average molecular weight is 281 g/mol. The third-order valence-corrected chi connectivity index (χ3v) is 3.31. The van der Waals surface area contributed by atoms with Crippen LogP contribution >= 0.6 is 11.6 Å². The molecular weight excluding hydrogens is 264 g/mol. The summed E-state index contributed by atoms with van der Waals surface area (Å²) in [7, 11) is 1.90. The van der Waals surface area contributed by atoms with Crippen LogP contribution in [-0.2, 0) is 0 Å². The van der Waals surface area contributed by atoms with E-state index in [2.05, 4.69) is 17.1 Å². The van der Waals surface area contributed by atoms with E-state index in [0.717, 1.165) is 10.6 Å². The van der Waals surface area contributed by atoms with Crippen molar-refractivity contribution in [2.45, 2.75) is 25.9 Å². The summed E-state index contributed by atoms with van der Waals surface area (Å²) in [5.41, 5.74) is 6.82. The highest BCUT2D eigenvalue weighted by atomic mass is 35.5. The molecule has 5 nitrogen and oxygen atoms in total. The molecule has 2 N–H and O–H groups in total. The second kappa shape index (κ2) is 5.59. The zero-order valence-electron chi connectivity index (χ0n) is 11.2.